The van der Waals surface area contributed by atoms with Crippen molar-refractivity contribution < 1.29 is 0 Å². The molecule has 6 unspecified atom stereocenters. The Morgan fingerprint density at radius 1 is 0.917 bits per heavy atom. The standard InChI is InChI=1S/C12H20/c1-7-6-11-8(2)12(7)10-5-3-4-9(10)11/h7-12H,3-6H2,1-2H3. The van der Waals surface area contributed by atoms with Gasteiger partial charge in [0.05, 0.1) is 0 Å². The molecule has 3 saturated carbocycles. The van der Waals surface area contributed by atoms with Gasteiger partial charge in [-0.3, -0.25) is 0 Å². The number of rotatable bonds is 0. The van der Waals surface area contributed by atoms with Crippen LogP contribution in [0.1, 0.15) is 39.5 Å². The lowest BCUT2D eigenvalue weighted by Crippen LogP contribution is -2.22. The van der Waals surface area contributed by atoms with E-state index in [1.807, 2.05) is 0 Å². The predicted octanol–water partition coefficient (Wildman–Crippen LogP) is 3.32. The van der Waals surface area contributed by atoms with Crippen molar-refractivity contribution in [3.63, 3.8) is 0 Å². The van der Waals surface area contributed by atoms with E-state index in [-0.39, 0.29) is 0 Å². The highest BCUT2D eigenvalue weighted by molar-refractivity contribution is 5.05. The highest BCUT2D eigenvalue weighted by Gasteiger charge is 2.56. The van der Waals surface area contributed by atoms with E-state index in [1.54, 1.807) is 25.7 Å². The largest absolute Gasteiger partial charge is 0.0622 e. The minimum Gasteiger partial charge on any atom is -0.0622 e. The maximum absolute atomic E-state index is 2.52. The molecule has 0 N–H and O–H groups in total. The monoisotopic (exact) mass is 164 g/mol. The molecule has 3 aliphatic carbocycles. The molecule has 0 heteroatoms. The zero-order chi connectivity index (χ0) is 8.29. The lowest BCUT2D eigenvalue weighted by Gasteiger charge is -2.29. The van der Waals surface area contributed by atoms with Crippen LogP contribution in [-0.4, -0.2) is 0 Å². The van der Waals surface area contributed by atoms with Crippen LogP contribution in [0.3, 0.4) is 0 Å². The molecule has 0 heterocycles. The molecule has 0 nitrogen and oxygen atoms in total. The fraction of sp³-hybridized carbons (Fsp3) is 1.00. The number of hydrogen-bond donors (Lipinski definition) is 0. The first kappa shape index (κ1) is 7.41. The van der Waals surface area contributed by atoms with Crippen LogP contribution < -0.4 is 0 Å². The second-order valence-corrected chi connectivity index (χ2v) is 5.57. The zero-order valence-electron chi connectivity index (χ0n) is 8.29. The lowest BCUT2D eigenvalue weighted by atomic mass is 9.76. The molecule has 0 aromatic carbocycles. The normalized spacial score (nSPS) is 62.5. The fourth-order valence-electron chi connectivity index (χ4n) is 5.01. The van der Waals surface area contributed by atoms with Crippen molar-refractivity contribution in [2.24, 2.45) is 35.5 Å². The van der Waals surface area contributed by atoms with Gasteiger partial charge in [0.2, 0.25) is 0 Å². The Hall–Kier alpha value is 0. The number of hydrogen-bond acceptors (Lipinski definition) is 0. The van der Waals surface area contributed by atoms with E-state index in [1.165, 1.54) is 5.92 Å². The average molecular weight is 164 g/mol. The van der Waals surface area contributed by atoms with Crippen LogP contribution in [0.15, 0.2) is 0 Å². The maximum Gasteiger partial charge on any atom is -0.0329 e. The molecule has 12 heavy (non-hydrogen) atoms. The topological polar surface area (TPSA) is 0 Å². The minimum atomic E-state index is 1.06. The van der Waals surface area contributed by atoms with Crippen LogP contribution in [0.25, 0.3) is 0 Å². The third kappa shape index (κ3) is 0.701. The van der Waals surface area contributed by atoms with Crippen LogP contribution >= 0.6 is 0 Å². The summed E-state index contributed by atoms with van der Waals surface area (Å²) in [5.41, 5.74) is 0. The zero-order valence-corrected chi connectivity index (χ0v) is 8.29. The van der Waals surface area contributed by atoms with E-state index in [0.717, 1.165) is 29.6 Å². The molecule has 2 bridgehead atoms. The highest BCUT2D eigenvalue weighted by atomic mass is 14.6. The van der Waals surface area contributed by atoms with Gasteiger partial charge in [-0.1, -0.05) is 20.3 Å². The van der Waals surface area contributed by atoms with Crippen LogP contribution in [0.4, 0.5) is 0 Å². The van der Waals surface area contributed by atoms with Crippen LogP contribution in [-0.2, 0) is 0 Å². The third-order valence-electron chi connectivity index (χ3n) is 5.25. The van der Waals surface area contributed by atoms with Crippen molar-refractivity contribution in [1.29, 1.82) is 0 Å². The first-order valence-corrected chi connectivity index (χ1v) is 5.79. The summed E-state index contributed by atoms with van der Waals surface area (Å²) in [6.45, 7) is 5.02. The van der Waals surface area contributed by atoms with Gasteiger partial charge in [0.1, 0.15) is 0 Å². The Bertz CT molecular complexity index is 194. The summed E-state index contributed by atoms with van der Waals surface area (Å²) >= 11 is 0. The van der Waals surface area contributed by atoms with Crippen LogP contribution in [0.2, 0.25) is 0 Å². The molecule has 0 amide bonds. The predicted molar refractivity (Wildman–Crippen MR) is 50.8 cm³/mol. The summed E-state index contributed by atoms with van der Waals surface area (Å²) in [5.74, 6) is 6.73. The quantitative estimate of drug-likeness (QED) is 0.515. The summed E-state index contributed by atoms with van der Waals surface area (Å²) in [6.07, 6.45) is 6.25. The van der Waals surface area contributed by atoms with E-state index in [9.17, 15) is 0 Å². The van der Waals surface area contributed by atoms with Gasteiger partial charge in [-0.05, 0) is 54.8 Å². The average Bonchev–Trinajstić information content (AvgIpc) is 2.61. The van der Waals surface area contributed by atoms with E-state index >= 15 is 0 Å². The summed E-state index contributed by atoms with van der Waals surface area (Å²) < 4.78 is 0. The molecule has 0 aliphatic heterocycles. The van der Waals surface area contributed by atoms with Gasteiger partial charge >= 0.3 is 0 Å². The van der Waals surface area contributed by atoms with E-state index < -0.39 is 0 Å². The lowest BCUT2D eigenvalue weighted by molar-refractivity contribution is 0.200. The summed E-state index contributed by atoms with van der Waals surface area (Å²) in [4.78, 5) is 0. The third-order valence-corrected chi connectivity index (χ3v) is 5.25. The molecule has 0 aromatic rings. The van der Waals surface area contributed by atoms with Crippen molar-refractivity contribution in [3.05, 3.63) is 0 Å². The smallest absolute Gasteiger partial charge is 0.0329 e. The molecule has 0 spiro atoms. The van der Waals surface area contributed by atoms with Crippen molar-refractivity contribution >= 4 is 0 Å². The van der Waals surface area contributed by atoms with Crippen molar-refractivity contribution in [2.75, 3.05) is 0 Å². The van der Waals surface area contributed by atoms with Gasteiger partial charge in [0.25, 0.3) is 0 Å². The molecule has 3 fully saturated rings. The van der Waals surface area contributed by atoms with Crippen molar-refractivity contribution in [1.82, 2.24) is 0 Å². The molecule has 3 rings (SSSR count). The Balaban J connectivity index is 1.94. The SMILES string of the molecule is CC1CC2C(C)C1C1CCCC21. The van der Waals surface area contributed by atoms with E-state index in [0.29, 0.717) is 0 Å². The van der Waals surface area contributed by atoms with E-state index in [2.05, 4.69) is 13.8 Å². The molecule has 3 aliphatic rings. The Morgan fingerprint density at radius 2 is 1.67 bits per heavy atom. The molecular formula is C12H20. The van der Waals surface area contributed by atoms with Gasteiger partial charge in [0.15, 0.2) is 0 Å². The van der Waals surface area contributed by atoms with E-state index in [4.69, 9.17) is 0 Å². The maximum atomic E-state index is 2.52. The summed E-state index contributed by atoms with van der Waals surface area (Å²) in [7, 11) is 0. The van der Waals surface area contributed by atoms with Gasteiger partial charge in [-0.25, -0.2) is 0 Å². The second-order valence-electron chi connectivity index (χ2n) is 5.57. The van der Waals surface area contributed by atoms with Crippen LogP contribution in [0, 0.1) is 35.5 Å². The Morgan fingerprint density at radius 3 is 2.50 bits per heavy atom. The highest BCUT2D eigenvalue weighted by Crippen LogP contribution is 2.63. The first-order valence-electron chi connectivity index (χ1n) is 5.79. The van der Waals surface area contributed by atoms with Gasteiger partial charge in [-0.15, -0.1) is 0 Å². The summed E-state index contributed by atoms with van der Waals surface area (Å²) in [5, 5.41) is 0. The molecule has 68 valence electrons. The summed E-state index contributed by atoms with van der Waals surface area (Å²) in [6, 6.07) is 0. The van der Waals surface area contributed by atoms with Crippen molar-refractivity contribution in [2.45, 2.75) is 39.5 Å². The van der Waals surface area contributed by atoms with Gasteiger partial charge in [0, 0.05) is 0 Å². The first-order chi connectivity index (χ1) is 5.79. The van der Waals surface area contributed by atoms with Gasteiger partial charge < -0.3 is 0 Å². The Labute approximate surface area is 75.7 Å². The second kappa shape index (κ2) is 2.27. The minimum absolute atomic E-state index is 1.06. The number of fused-ring (bicyclic) bond motifs is 5. The Kier molecular flexibility index (Phi) is 1.40. The molecule has 0 aromatic heterocycles. The van der Waals surface area contributed by atoms with Crippen LogP contribution in [0.5, 0.6) is 0 Å². The molecular weight excluding hydrogens is 144 g/mol. The van der Waals surface area contributed by atoms with Gasteiger partial charge in [-0.2, -0.15) is 0 Å². The molecule has 0 radical (unpaired) electrons. The fourth-order valence-corrected chi connectivity index (χ4v) is 5.01. The molecule has 6 atom stereocenters. The van der Waals surface area contributed by atoms with Crippen molar-refractivity contribution in [3.8, 4) is 0 Å². The molecule has 0 saturated heterocycles.